The number of nitriles is 1. The van der Waals surface area contributed by atoms with Gasteiger partial charge in [0.05, 0.1) is 25.1 Å². The van der Waals surface area contributed by atoms with E-state index in [4.69, 9.17) is 10.4 Å². The highest BCUT2D eigenvalue weighted by Crippen LogP contribution is 2.11. The van der Waals surface area contributed by atoms with E-state index < -0.39 is 0 Å². The number of β-amino-alcohol motifs (C(OH)–C–C–N with tert-alkyl or cyclic N) is 1. The second kappa shape index (κ2) is 5.63. The van der Waals surface area contributed by atoms with Crippen LogP contribution in [0.5, 0.6) is 0 Å². The van der Waals surface area contributed by atoms with E-state index in [-0.39, 0.29) is 12.0 Å². The van der Waals surface area contributed by atoms with Crippen LogP contribution in [-0.2, 0) is 11.2 Å². The fourth-order valence-corrected chi connectivity index (χ4v) is 1.87. The maximum atomic E-state index is 11.6. The van der Waals surface area contributed by atoms with Gasteiger partial charge in [-0.3, -0.25) is 9.69 Å². The molecule has 18 heavy (non-hydrogen) atoms. The Morgan fingerprint density at radius 3 is 2.67 bits per heavy atom. The lowest BCUT2D eigenvalue weighted by atomic mass is 10.1. The molecule has 94 valence electrons. The number of aliphatic hydroxyl groups excluding tert-OH is 1. The molecule has 0 saturated carbocycles. The van der Waals surface area contributed by atoms with Crippen molar-refractivity contribution in [2.75, 3.05) is 25.0 Å². The number of nitrogens with zero attached hydrogens (tertiary/aromatic N) is 2. The van der Waals surface area contributed by atoms with Crippen molar-refractivity contribution >= 4 is 11.6 Å². The molecule has 0 spiro atoms. The van der Waals surface area contributed by atoms with Gasteiger partial charge in [-0.25, -0.2) is 0 Å². The fourth-order valence-electron chi connectivity index (χ4n) is 1.87. The molecule has 2 N–H and O–H groups in total. The molecule has 5 nitrogen and oxygen atoms in total. The lowest BCUT2D eigenvalue weighted by Crippen LogP contribution is -2.53. The van der Waals surface area contributed by atoms with Gasteiger partial charge in [0.15, 0.2) is 0 Å². The van der Waals surface area contributed by atoms with Crippen LogP contribution >= 0.6 is 0 Å². The fraction of sp³-hybridized carbons (Fsp3) is 0.385. The van der Waals surface area contributed by atoms with Crippen molar-refractivity contribution in [2.24, 2.45) is 0 Å². The van der Waals surface area contributed by atoms with Crippen molar-refractivity contribution in [3.8, 4) is 6.07 Å². The highest BCUT2D eigenvalue weighted by molar-refractivity contribution is 5.92. The first-order valence-electron chi connectivity index (χ1n) is 5.83. The van der Waals surface area contributed by atoms with Crippen LogP contribution in [-0.4, -0.2) is 41.7 Å². The normalized spacial score (nSPS) is 15.8. The molecule has 0 aromatic heterocycles. The van der Waals surface area contributed by atoms with Gasteiger partial charge in [-0.05, 0) is 17.7 Å². The monoisotopic (exact) mass is 245 g/mol. The minimum absolute atomic E-state index is 0.0880. The summed E-state index contributed by atoms with van der Waals surface area (Å²) in [5.41, 5.74) is 1.66. The van der Waals surface area contributed by atoms with Crippen LogP contribution in [0.4, 0.5) is 5.69 Å². The van der Waals surface area contributed by atoms with Gasteiger partial charge in [-0.15, -0.1) is 0 Å². The molecule has 0 radical (unpaired) electrons. The number of anilines is 1. The van der Waals surface area contributed by atoms with E-state index >= 15 is 0 Å². The van der Waals surface area contributed by atoms with Gasteiger partial charge in [0.2, 0.25) is 5.91 Å². The predicted molar refractivity (Wildman–Crippen MR) is 66.8 cm³/mol. The molecule has 1 aromatic carbocycles. The van der Waals surface area contributed by atoms with Crippen LogP contribution in [0.25, 0.3) is 0 Å². The maximum absolute atomic E-state index is 11.6. The van der Waals surface area contributed by atoms with Gasteiger partial charge in [-0.1, -0.05) is 12.1 Å². The van der Waals surface area contributed by atoms with Crippen molar-refractivity contribution < 1.29 is 9.90 Å². The highest BCUT2D eigenvalue weighted by Gasteiger charge is 2.25. The largest absolute Gasteiger partial charge is 0.390 e. The molecule has 1 amide bonds. The van der Waals surface area contributed by atoms with Crippen LogP contribution < -0.4 is 5.32 Å². The molecule has 1 heterocycles. The summed E-state index contributed by atoms with van der Waals surface area (Å²) in [6.07, 6.45) is 0.0861. The molecule has 2 rings (SSSR count). The summed E-state index contributed by atoms with van der Waals surface area (Å²) < 4.78 is 0. The molecule has 1 aromatic rings. The van der Waals surface area contributed by atoms with Crippen LogP contribution in [0.1, 0.15) is 5.56 Å². The number of aliphatic hydroxyl groups is 1. The zero-order chi connectivity index (χ0) is 13.0. The zero-order valence-corrected chi connectivity index (χ0v) is 9.97. The zero-order valence-electron chi connectivity index (χ0n) is 9.97. The number of hydrogen-bond acceptors (Lipinski definition) is 4. The number of amides is 1. The maximum Gasteiger partial charge on any atom is 0.238 e. The average Bonchev–Trinajstić information content (AvgIpc) is 2.30. The van der Waals surface area contributed by atoms with E-state index in [1.54, 1.807) is 12.1 Å². The first-order valence-corrected chi connectivity index (χ1v) is 5.83. The quantitative estimate of drug-likeness (QED) is 0.803. The summed E-state index contributed by atoms with van der Waals surface area (Å²) in [7, 11) is 0. The minimum Gasteiger partial charge on any atom is -0.390 e. The number of rotatable bonds is 4. The minimum atomic E-state index is -0.289. The topological polar surface area (TPSA) is 76.4 Å². The number of carbonyl (C=O) groups excluding carboxylic acids is 1. The molecule has 0 bridgehead atoms. The third-order valence-electron chi connectivity index (χ3n) is 2.83. The Kier molecular flexibility index (Phi) is 3.92. The van der Waals surface area contributed by atoms with Crippen molar-refractivity contribution in [3.63, 3.8) is 0 Å². The number of benzene rings is 1. The summed E-state index contributed by atoms with van der Waals surface area (Å²) in [5, 5.41) is 20.4. The molecule has 1 saturated heterocycles. The SMILES string of the molecule is N#CCc1ccc(NC(=O)CN2CC(O)C2)cc1. The number of hydrogen-bond donors (Lipinski definition) is 2. The molecule has 0 aliphatic carbocycles. The van der Waals surface area contributed by atoms with Crippen molar-refractivity contribution in [1.82, 2.24) is 4.90 Å². The first-order chi connectivity index (χ1) is 8.67. The summed E-state index contributed by atoms with van der Waals surface area (Å²) >= 11 is 0. The lowest BCUT2D eigenvalue weighted by Gasteiger charge is -2.34. The second-order valence-electron chi connectivity index (χ2n) is 4.43. The molecule has 0 unspecified atom stereocenters. The first kappa shape index (κ1) is 12.6. The standard InChI is InChI=1S/C13H15N3O2/c14-6-5-10-1-3-11(4-2-10)15-13(18)9-16-7-12(17)8-16/h1-4,12,17H,5,7-9H2,(H,15,18). The Morgan fingerprint density at radius 2 is 2.11 bits per heavy atom. The second-order valence-corrected chi connectivity index (χ2v) is 4.43. The van der Waals surface area contributed by atoms with Gasteiger partial charge in [-0.2, -0.15) is 5.26 Å². The van der Waals surface area contributed by atoms with E-state index in [9.17, 15) is 4.79 Å². The van der Waals surface area contributed by atoms with Gasteiger partial charge in [0, 0.05) is 18.8 Å². The van der Waals surface area contributed by atoms with Crippen LogP contribution in [0.15, 0.2) is 24.3 Å². The number of carbonyl (C=O) groups is 1. The Bertz CT molecular complexity index is 458. The Balaban J connectivity index is 1.81. The molecule has 5 heteroatoms. The van der Waals surface area contributed by atoms with Crippen LogP contribution in [0, 0.1) is 11.3 Å². The smallest absolute Gasteiger partial charge is 0.238 e. The third kappa shape index (κ3) is 3.29. The van der Waals surface area contributed by atoms with Gasteiger partial charge in [0.1, 0.15) is 0 Å². The Labute approximate surface area is 106 Å². The van der Waals surface area contributed by atoms with Crippen molar-refractivity contribution in [3.05, 3.63) is 29.8 Å². The molecule has 1 fully saturated rings. The number of nitrogens with one attached hydrogen (secondary N) is 1. The Hall–Kier alpha value is -1.90. The van der Waals surface area contributed by atoms with E-state index in [1.165, 1.54) is 0 Å². The highest BCUT2D eigenvalue weighted by atomic mass is 16.3. The van der Waals surface area contributed by atoms with E-state index in [0.29, 0.717) is 26.1 Å². The molecule has 1 aliphatic rings. The third-order valence-corrected chi connectivity index (χ3v) is 2.83. The summed E-state index contributed by atoms with van der Waals surface area (Å²) in [6.45, 7) is 1.43. The average molecular weight is 245 g/mol. The van der Waals surface area contributed by atoms with E-state index in [1.807, 2.05) is 17.0 Å². The van der Waals surface area contributed by atoms with Crippen LogP contribution in [0.2, 0.25) is 0 Å². The molecular formula is C13H15N3O2. The number of likely N-dealkylation sites (tertiary alicyclic amines) is 1. The summed E-state index contributed by atoms with van der Waals surface area (Å²) in [4.78, 5) is 13.5. The molecule has 1 aliphatic heterocycles. The van der Waals surface area contributed by atoms with Crippen LogP contribution in [0.3, 0.4) is 0 Å². The molecule has 0 atom stereocenters. The summed E-state index contributed by atoms with van der Waals surface area (Å²) in [5.74, 6) is -0.0880. The summed E-state index contributed by atoms with van der Waals surface area (Å²) in [6, 6.07) is 9.30. The van der Waals surface area contributed by atoms with Crippen molar-refractivity contribution in [2.45, 2.75) is 12.5 Å². The van der Waals surface area contributed by atoms with E-state index in [0.717, 1.165) is 11.3 Å². The van der Waals surface area contributed by atoms with Gasteiger partial charge in [0.25, 0.3) is 0 Å². The molecular weight excluding hydrogens is 230 g/mol. The van der Waals surface area contributed by atoms with Gasteiger partial charge < -0.3 is 10.4 Å². The van der Waals surface area contributed by atoms with Crippen molar-refractivity contribution in [1.29, 1.82) is 5.26 Å². The van der Waals surface area contributed by atoms with E-state index in [2.05, 4.69) is 11.4 Å². The predicted octanol–water partition coefficient (Wildman–Crippen LogP) is 0.368. The Morgan fingerprint density at radius 1 is 1.44 bits per heavy atom. The van der Waals surface area contributed by atoms with Gasteiger partial charge >= 0.3 is 0 Å². The lowest BCUT2D eigenvalue weighted by molar-refractivity contribution is -0.119.